The van der Waals surface area contributed by atoms with Crippen molar-refractivity contribution in [3.63, 3.8) is 0 Å². The van der Waals surface area contributed by atoms with Crippen molar-refractivity contribution in [1.82, 2.24) is 14.8 Å². The molecule has 0 N–H and O–H groups in total. The van der Waals surface area contributed by atoms with Crippen molar-refractivity contribution in [2.45, 2.75) is 12.5 Å². The van der Waals surface area contributed by atoms with Crippen molar-refractivity contribution < 1.29 is 4.74 Å². The lowest BCUT2D eigenvalue weighted by atomic mass is 10.2. The van der Waals surface area contributed by atoms with Gasteiger partial charge in [-0.25, -0.2) is 4.98 Å². The molecule has 16 heavy (non-hydrogen) atoms. The number of halogens is 2. The van der Waals surface area contributed by atoms with Crippen LogP contribution < -0.4 is 0 Å². The standard InChI is InChI=1S/C10H9BrClN3O/c11-7-3-9(12)14-8-4-13-15(10(7)8)6-1-2-16-5-6/h3-4,6H,1-2,5H2/t6-/m1/s1. The maximum atomic E-state index is 5.89. The van der Waals surface area contributed by atoms with E-state index in [2.05, 4.69) is 26.0 Å². The molecule has 1 fully saturated rings. The highest BCUT2D eigenvalue weighted by molar-refractivity contribution is 9.10. The first-order valence-corrected chi connectivity index (χ1v) is 6.20. The maximum absolute atomic E-state index is 5.89. The Morgan fingerprint density at radius 3 is 3.19 bits per heavy atom. The highest BCUT2D eigenvalue weighted by Crippen LogP contribution is 2.29. The van der Waals surface area contributed by atoms with Crippen molar-refractivity contribution in [3.05, 3.63) is 21.9 Å². The van der Waals surface area contributed by atoms with Gasteiger partial charge in [0.05, 0.1) is 18.8 Å². The van der Waals surface area contributed by atoms with Crippen LogP contribution in [-0.2, 0) is 4.74 Å². The molecule has 0 aromatic carbocycles. The molecule has 0 spiro atoms. The predicted molar refractivity (Wildman–Crippen MR) is 64.7 cm³/mol. The molecular weight excluding hydrogens is 293 g/mol. The predicted octanol–water partition coefficient (Wildman–Crippen LogP) is 2.81. The van der Waals surface area contributed by atoms with Crippen molar-refractivity contribution in [2.24, 2.45) is 0 Å². The largest absolute Gasteiger partial charge is 0.379 e. The van der Waals surface area contributed by atoms with E-state index in [0.717, 1.165) is 28.5 Å². The van der Waals surface area contributed by atoms with E-state index >= 15 is 0 Å². The van der Waals surface area contributed by atoms with E-state index in [1.165, 1.54) is 0 Å². The highest BCUT2D eigenvalue weighted by atomic mass is 79.9. The molecular formula is C10H9BrClN3O. The van der Waals surface area contributed by atoms with Crippen molar-refractivity contribution >= 4 is 38.6 Å². The minimum absolute atomic E-state index is 0.303. The second-order valence-electron chi connectivity index (χ2n) is 3.77. The van der Waals surface area contributed by atoms with Gasteiger partial charge in [-0.2, -0.15) is 5.10 Å². The SMILES string of the molecule is Clc1cc(Br)c2c(cnn2[C@@H]2CCOC2)n1. The van der Waals surface area contributed by atoms with Crippen LogP contribution in [0, 0.1) is 0 Å². The van der Waals surface area contributed by atoms with Crippen LogP contribution in [0.15, 0.2) is 16.7 Å². The molecule has 0 amide bonds. The second kappa shape index (κ2) is 3.98. The molecule has 0 saturated carbocycles. The first kappa shape index (κ1) is 10.5. The number of hydrogen-bond donors (Lipinski definition) is 0. The molecule has 0 bridgehead atoms. The van der Waals surface area contributed by atoms with Gasteiger partial charge in [-0.1, -0.05) is 11.6 Å². The van der Waals surface area contributed by atoms with Crippen LogP contribution in [0.2, 0.25) is 5.15 Å². The van der Waals surface area contributed by atoms with Crippen LogP contribution in [0.5, 0.6) is 0 Å². The monoisotopic (exact) mass is 301 g/mol. The van der Waals surface area contributed by atoms with Crippen LogP contribution in [0.1, 0.15) is 12.5 Å². The molecule has 1 saturated heterocycles. The quantitative estimate of drug-likeness (QED) is 0.761. The molecule has 84 valence electrons. The van der Waals surface area contributed by atoms with Crippen LogP contribution in [-0.4, -0.2) is 28.0 Å². The Kier molecular flexibility index (Phi) is 2.61. The molecule has 2 aromatic rings. The maximum Gasteiger partial charge on any atom is 0.131 e. The van der Waals surface area contributed by atoms with Crippen molar-refractivity contribution in [2.75, 3.05) is 13.2 Å². The summed E-state index contributed by atoms with van der Waals surface area (Å²) in [7, 11) is 0. The Morgan fingerprint density at radius 1 is 1.56 bits per heavy atom. The fraction of sp³-hybridized carbons (Fsp3) is 0.400. The third kappa shape index (κ3) is 1.63. The smallest absolute Gasteiger partial charge is 0.131 e. The minimum atomic E-state index is 0.303. The van der Waals surface area contributed by atoms with E-state index in [4.69, 9.17) is 16.3 Å². The number of rotatable bonds is 1. The van der Waals surface area contributed by atoms with E-state index in [1.807, 2.05) is 4.68 Å². The molecule has 1 aliphatic heterocycles. The summed E-state index contributed by atoms with van der Waals surface area (Å²) in [5.74, 6) is 0. The molecule has 0 aliphatic carbocycles. The third-order valence-electron chi connectivity index (χ3n) is 2.73. The minimum Gasteiger partial charge on any atom is -0.379 e. The van der Waals surface area contributed by atoms with Gasteiger partial charge in [0.1, 0.15) is 16.2 Å². The van der Waals surface area contributed by atoms with Crippen molar-refractivity contribution in [3.8, 4) is 0 Å². The van der Waals surface area contributed by atoms with Gasteiger partial charge in [0, 0.05) is 11.1 Å². The number of nitrogens with zero attached hydrogens (tertiary/aromatic N) is 3. The number of ether oxygens (including phenoxy) is 1. The fourth-order valence-corrected chi connectivity index (χ4v) is 2.91. The molecule has 0 radical (unpaired) electrons. The van der Waals surface area contributed by atoms with E-state index < -0.39 is 0 Å². The summed E-state index contributed by atoms with van der Waals surface area (Å²) in [5.41, 5.74) is 1.80. The number of pyridine rings is 1. The summed E-state index contributed by atoms with van der Waals surface area (Å²) >= 11 is 9.39. The summed E-state index contributed by atoms with van der Waals surface area (Å²) in [6.45, 7) is 1.51. The average Bonchev–Trinajstić information content (AvgIpc) is 2.82. The summed E-state index contributed by atoms with van der Waals surface area (Å²) in [6, 6.07) is 2.09. The zero-order valence-corrected chi connectivity index (χ0v) is 10.7. The Bertz CT molecular complexity index is 536. The lowest BCUT2D eigenvalue weighted by Gasteiger charge is -2.10. The molecule has 2 aromatic heterocycles. The van der Waals surface area contributed by atoms with Gasteiger partial charge in [-0.15, -0.1) is 0 Å². The number of fused-ring (bicyclic) bond motifs is 1. The van der Waals surface area contributed by atoms with Crippen LogP contribution in [0.4, 0.5) is 0 Å². The Hall–Kier alpha value is -0.650. The van der Waals surface area contributed by atoms with E-state index in [9.17, 15) is 0 Å². The summed E-state index contributed by atoms with van der Waals surface area (Å²) in [5, 5.41) is 4.84. The number of hydrogen-bond acceptors (Lipinski definition) is 3. The number of aromatic nitrogens is 3. The third-order valence-corrected chi connectivity index (χ3v) is 3.53. The van der Waals surface area contributed by atoms with Crippen molar-refractivity contribution in [1.29, 1.82) is 0 Å². The summed E-state index contributed by atoms with van der Waals surface area (Å²) in [6.07, 6.45) is 2.73. The molecule has 3 rings (SSSR count). The highest BCUT2D eigenvalue weighted by Gasteiger charge is 2.21. The van der Waals surface area contributed by atoms with Gasteiger partial charge in [-0.05, 0) is 28.4 Å². The molecule has 1 aliphatic rings. The van der Waals surface area contributed by atoms with E-state index in [-0.39, 0.29) is 0 Å². The molecule has 6 heteroatoms. The Labute approximate surface area is 106 Å². The molecule has 3 heterocycles. The van der Waals surface area contributed by atoms with Gasteiger partial charge in [0.15, 0.2) is 0 Å². The lowest BCUT2D eigenvalue weighted by Crippen LogP contribution is -2.10. The normalized spacial score (nSPS) is 20.8. The summed E-state index contributed by atoms with van der Waals surface area (Å²) in [4.78, 5) is 4.24. The van der Waals surface area contributed by atoms with E-state index in [1.54, 1.807) is 12.3 Å². The van der Waals surface area contributed by atoms with Crippen LogP contribution >= 0.6 is 27.5 Å². The Balaban J connectivity index is 2.18. The van der Waals surface area contributed by atoms with E-state index in [0.29, 0.717) is 17.8 Å². The van der Waals surface area contributed by atoms with Gasteiger partial charge < -0.3 is 4.74 Å². The fourth-order valence-electron chi connectivity index (χ4n) is 1.98. The topological polar surface area (TPSA) is 39.9 Å². The van der Waals surface area contributed by atoms with Gasteiger partial charge in [0.2, 0.25) is 0 Å². The second-order valence-corrected chi connectivity index (χ2v) is 5.01. The first-order valence-electron chi connectivity index (χ1n) is 5.03. The lowest BCUT2D eigenvalue weighted by molar-refractivity contribution is 0.185. The van der Waals surface area contributed by atoms with Crippen LogP contribution in [0.3, 0.4) is 0 Å². The zero-order valence-electron chi connectivity index (χ0n) is 8.36. The van der Waals surface area contributed by atoms with Gasteiger partial charge in [0.25, 0.3) is 0 Å². The summed E-state index contributed by atoms with van der Waals surface area (Å²) < 4.78 is 8.26. The molecule has 4 nitrogen and oxygen atoms in total. The van der Waals surface area contributed by atoms with Crippen LogP contribution in [0.25, 0.3) is 11.0 Å². The van der Waals surface area contributed by atoms with Gasteiger partial charge >= 0.3 is 0 Å². The van der Waals surface area contributed by atoms with Gasteiger partial charge in [-0.3, -0.25) is 4.68 Å². The molecule has 1 atom stereocenters. The first-order chi connectivity index (χ1) is 7.75. The average molecular weight is 303 g/mol. The zero-order chi connectivity index (χ0) is 11.1. The molecule has 0 unspecified atom stereocenters. The Morgan fingerprint density at radius 2 is 2.44 bits per heavy atom.